The molecule has 1 saturated carbocycles. The zero-order valence-electron chi connectivity index (χ0n) is 15.0. The van der Waals surface area contributed by atoms with Crippen LogP contribution in [0.5, 0.6) is 0 Å². The van der Waals surface area contributed by atoms with E-state index in [1.165, 1.54) is 29.2 Å². The summed E-state index contributed by atoms with van der Waals surface area (Å²) >= 11 is 0. The summed E-state index contributed by atoms with van der Waals surface area (Å²) < 4.78 is 28.4. The van der Waals surface area contributed by atoms with E-state index >= 15 is 0 Å². The Bertz CT molecular complexity index is 692. The van der Waals surface area contributed by atoms with Gasteiger partial charge >= 0.3 is 0 Å². The summed E-state index contributed by atoms with van der Waals surface area (Å²) in [5, 5.41) is 0. The predicted octanol–water partition coefficient (Wildman–Crippen LogP) is 2.00. The van der Waals surface area contributed by atoms with Gasteiger partial charge in [0.25, 0.3) is 5.91 Å². The number of amides is 1. The van der Waals surface area contributed by atoms with E-state index in [-0.39, 0.29) is 35.7 Å². The molecule has 2 atom stereocenters. The first-order valence-corrected chi connectivity index (χ1v) is 9.76. The number of benzene rings is 1. The molecule has 6 nitrogen and oxygen atoms in total. The van der Waals surface area contributed by atoms with Crippen LogP contribution in [-0.2, 0) is 10.0 Å². The number of carbonyl (C=O) groups is 1. The number of sulfonamides is 1. The van der Waals surface area contributed by atoms with Gasteiger partial charge in [0.15, 0.2) is 0 Å². The van der Waals surface area contributed by atoms with Gasteiger partial charge in [0, 0.05) is 31.7 Å². The predicted molar refractivity (Wildman–Crippen MR) is 101 cm³/mol. The van der Waals surface area contributed by atoms with Crippen LogP contribution in [-0.4, -0.2) is 45.4 Å². The molecule has 0 heterocycles. The molecule has 2 unspecified atom stereocenters. The van der Waals surface area contributed by atoms with E-state index < -0.39 is 15.6 Å². The number of halogens is 1. The van der Waals surface area contributed by atoms with Gasteiger partial charge in [-0.05, 0) is 43.0 Å². The maximum atomic E-state index is 12.8. The molecule has 3 N–H and O–H groups in total. The first-order chi connectivity index (χ1) is 11.2. The van der Waals surface area contributed by atoms with Crippen molar-refractivity contribution >= 4 is 28.3 Å². The van der Waals surface area contributed by atoms with Gasteiger partial charge in [-0.15, -0.1) is 12.4 Å². The molecule has 1 aliphatic carbocycles. The topological polar surface area (TPSA) is 92.5 Å². The number of carbonyl (C=O) groups excluding carboxylic acids is 1. The number of hydrogen-bond donors (Lipinski definition) is 2. The highest BCUT2D eigenvalue weighted by Gasteiger charge is 2.40. The standard InChI is InChI=1S/C17H27N3O3S.ClH/c1-13-6-4-5-11-17(13,12-18)19-24(22,23)15-9-7-14(8-10-15)16(21)20(2)3;/h7-10,13,19H,4-6,11-12,18H2,1-3H3;1H. The maximum absolute atomic E-state index is 12.8. The molecule has 25 heavy (non-hydrogen) atoms. The van der Waals surface area contributed by atoms with Crippen molar-refractivity contribution in [2.45, 2.75) is 43.0 Å². The first-order valence-electron chi connectivity index (χ1n) is 8.27. The van der Waals surface area contributed by atoms with Crippen LogP contribution < -0.4 is 10.5 Å². The normalized spacial score (nSPS) is 23.6. The smallest absolute Gasteiger partial charge is 0.253 e. The summed E-state index contributed by atoms with van der Waals surface area (Å²) in [5.41, 5.74) is 5.80. The molecule has 0 radical (unpaired) electrons. The van der Waals surface area contributed by atoms with E-state index in [0.717, 1.165) is 25.7 Å². The Hall–Kier alpha value is -1.15. The third kappa shape index (κ3) is 4.73. The molecule has 1 fully saturated rings. The molecule has 0 spiro atoms. The molecule has 0 aliphatic heterocycles. The number of nitrogens with one attached hydrogen (secondary N) is 1. The second kappa shape index (κ2) is 8.49. The zero-order chi connectivity index (χ0) is 18.0. The lowest BCUT2D eigenvalue weighted by atomic mass is 9.74. The van der Waals surface area contributed by atoms with Gasteiger partial charge in [-0.25, -0.2) is 13.1 Å². The number of rotatable bonds is 5. The van der Waals surface area contributed by atoms with Crippen LogP contribution in [0.4, 0.5) is 0 Å². The Balaban J connectivity index is 0.00000312. The van der Waals surface area contributed by atoms with E-state index in [0.29, 0.717) is 5.56 Å². The Morgan fingerprint density at radius 3 is 2.36 bits per heavy atom. The molecule has 0 saturated heterocycles. The second-order valence-electron chi connectivity index (χ2n) is 6.84. The largest absolute Gasteiger partial charge is 0.345 e. The number of nitrogens with zero attached hydrogens (tertiary/aromatic N) is 1. The fourth-order valence-electron chi connectivity index (χ4n) is 3.27. The maximum Gasteiger partial charge on any atom is 0.253 e. The van der Waals surface area contributed by atoms with E-state index in [1.54, 1.807) is 14.1 Å². The highest BCUT2D eigenvalue weighted by atomic mass is 35.5. The Morgan fingerprint density at radius 1 is 1.28 bits per heavy atom. The van der Waals surface area contributed by atoms with Crippen LogP contribution in [0.2, 0.25) is 0 Å². The third-order valence-corrected chi connectivity index (χ3v) is 6.54. The van der Waals surface area contributed by atoms with Crippen molar-refractivity contribution in [1.82, 2.24) is 9.62 Å². The van der Waals surface area contributed by atoms with Crippen molar-refractivity contribution in [1.29, 1.82) is 0 Å². The average molecular weight is 390 g/mol. The van der Waals surface area contributed by atoms with Gasteiger partial charge in [0.05, 0.1) is 4.90 Å². The second-order valence-corrected chi connectivity index (χ2v) is 8.52. The summed E-state index contributed by atoms with van der Waals surface area (Å²) in [7, 11) is -0.367. The number of nitrogens with two attached hydrogens (primary N) is 1. The van der Waals surface area contributed by atoms with Crippen LogP contribution in [0.25, 0.3) is 0 Å². The number of hydrogen-bond acceptors (Lipinski definition) is 4. The SMILES string of the molecule is CC1CCCCC1(CN)NS(=O)(=O)c1ccc(C(=O)N(C)C)cc1.Cl. The lowest BCUT2D eigenvalue weighted by Crippen LogP contribution is -2.58. The summed E-state index contributed by atoms with van der Waals surface area (Å²) in [6, 6.07) is 6.01. The van der Waals surface area contributed by atoms with Gasteiger partial charge < -0.3 is 10.6 Å². The lowest BCUT2D eigenvalue weighted by Gasteiger charge is -2.42. The molecule has 142 valence electrons. The third-order valence-electron chi connectivity index (χ3n) is 4.97. The highest BCUT2D eigenvalue weighted by Crippen LogP contribution is 2.34. The van der Waals surface area contributed by atoms with Crippen LogP contribution in [0.3, 0.4) is 0 Å². The van der Waals surface area contributed by atoms with E-state index in [4.69, 9.17) is 5.73 Å². The van der Waals surface area contributed by atoms with E-state index in [1.807, 2.05) is 6.92 Å². The minimum atomic E-state index is -3.68. The molecule has 1 aliphatic rings. The van der Waals surface area contributed by atoms with Crippen LogP contribution in [0, 0.1) is 5.92 Å². The molecule has 1 aromatic carbocycles. The van der Waals surface area contributed by atoms with Gasteiger partial charge in [-0.3, -0.25) is 4.79 Å². The zero-order valence-corrected chi connectivity index (χ0v) is 16.6. The van der Waals surface area contributed by atoms with Crippen molar-refractivity contribution in [3.05, 3.63) is 29.8 Å². The Morgan fingerprint density at radius 2 is 1.88 bits per heavy atom. The Kier molecular flexibility index (Phi) is 7.43. The quantitative estimate of drug-likeness (QED) is 0.805. The van der Waals surface area contributed by atoms with Gasteiger partial charge in [-0.2, -0.15) is 0 Å². The minimum absolute atomic E-state index is 0. The summed E-state index contributed by atoms with van der Waals surface area (Å²) in [4.78, 5) is 13.5. The van der Waals surface area contributed by atoms with Crippen molar-refractivity contribution < 1.29 is 13.2 Å². The molecule has 1 aromatic rings. The van der Waals surface area contributed by atoms with E-state index in [2.05, 4.69) is 4.72 Å². The van der Waals surface area contributed by atoms with Crippen molar-refractivity contribution in [2.75, 3.05) is 20.6 Å². The van der Waals surface area contributed by atoms with Gasteiger partial charge in [0.1, 0.15) is 0 Å². The first kappa shape index (κ1) is 21.9. The van der Waals surface area contributed by atoms with Gasteiger partial charge in [-0.1, -0.05) is 19.8 Å². The van der Waals surface area contributed by atoms with Crippen molar-refractivity contribution in [3.8, 4) is 0 Å². The van der Waals surface area contributed by atoms with E-state index in [9.17, 15) is 13.2 Å². The molecular weight excluding hydrogens is 362 g/mol. The molecule has 0 aromatic heterocycles. The molecular formula is C17H28ClN3O3S. The van der Waals surface area contributed by atoms with Crippen molar-refractivity contribution in [2.24, 2.45) is 11.7 Å². The molecule has 0 bridgehead atoms. The summed E-state index contributed by atoms with van der Waals surface area (Å²) in [6.07, 6.45) is 3.80. The van der Waals surface area contributed by atoms with Crippen LogP contribution >= 0.6 is 12.4 Å². The molecule has 1 amide bonds. The summed E-state index contributed by atoms with van der Waals surface area (Å²) in [5.74, 6) is 0.0341. The monoisotopic (exact) mass is 389 g/mol. The summed E-state index contributed by atoms with van der Waals surface area (Å²) in [6.45, 7) is 2.33. The van der Waals surface area contributed by atoms with Crippen LogP contribution in [0.1, 0.15) is 43.0 Å². The lowest BCUT2D eigenvalue weighted by molar-refractivity contribution is 0.0827. The fraction of sp³-hybridized carbons (Fsp3) is 0.588. The van der Waals surface area contributed by atoms with Gasteiger partial charge in [0.2, 0.25) is 10.0 Å². The highest BCUT2D eigenvalue weighted by molar-refractivity contribution is 7.89. The van der Waals surface area contributed by atoms with Crippen molar-refractivity contribution in [3.63, 3.8) is 0 Å². The van der Waals surface area contributed by atoms with Crippen LogP contribution in [0.15, 0.2) is 29.2 Å². The minimum Gasteiger partial charge on any atom is -0.345 e. The fourth-order valence-corrected chi connectivity index (χ4v) is 4.81. The Labute approximate surface area is 156 Å². The average Bonchev–Trinajstić information content (AvgIpc) is 2.56. The molecule has 2 rings (SSSR count). The molecule has 8 heteroatoms.